The number of fused-ring (bicyclic) bond motifs is 1. The van der Waals surface area contributed by atoms with E-state index in [1.807, 2.05) is 18.2 Å². The lowest BCUT2D eigenvalue weighted by molar-refractivity contribution is 0.389. The van der Waals surface area contributed by atoms with E-state index in [-0.39, 0.29) is 11.2 Å². The molecule has 0 spiro atoms. The smallest absolute Gasteiger partial charge is 0.137 e. The molecule has 0 aliphatic heterocycles. The Labute approximate surface area is 110 Å². The van der Waals surface area contributed by atoms with Crippen LogP contribution in [0, 0.1) is 5.41 Å². The van der Waals surface area contributed by atoms with E-state index < -0.39 is 0 Å². The maximum Gasteiger partial charge on any atom is 0.137 e. The Hall–Kier alpha value is -1.09. The van der Waals surface area contributed by atoms with Gasteiger partial charge in [0.15, 0.2) is 0 Å². The van der Waals surface area contributed by atoms with Crippen molar-refractivity contribution in [3.8, 4) is 5.75 Å². The van der Waals surface area contributed by atoms with Crippen LogP contribution in [0.3, 0.4) is 0 Å². The van der Waals surface area contributed by atoms with Crippen molar-refractivity contribution in [2.75, 3.05) is 0 Å². The van der Waals surface area contributed by atoms with Gasteiger partial charge in [-0.15, -0.1) is 0 Å². The largest absolute Gasteiger partial charge is 0.506 e. The molecule has 0 aliphatic rings. The molecule has 2 nitrogen and oxygen atoms in total. The van der Waals surface area contributed by atoms with Gasteiger partial charge in [-0.2, -0.15) is 0 Å². The SMILES string of the molecule is CC(C)(C)Cc1nc2c(Br)cccc2cc1O. The van der Waals surface area contributed by atoms with Crippen molar-refractivity contribution in [3.05, 3.63) is 34.4 Å². The van der Waals surface area contributed by atoms with Gasteiger partial charge >= 0.3 is 0 Å². The molecular formula is C14H16BrNO. The van der Waals surface area contributed by atoms with Crippen LogP contribution in [0.4, 0.5) is 0 Å². The van der Waals surface area contributed by atoms with Crippen LogP contribution in [-0.2, 0) is 6.42 Å². The van der Waals surface area contributed by atoms with Crippen LogP contribution in [0.5, 0.6) is 5.75 Å². The van der Waals surface area contributed by atoms with Crippen LogP contribution in [0.25, 0.3) is 10.9 Å². The summed E-state index contributed by atoms with van der Waals surface area (Å²) in [5.41, 5.74) is 1.78. The Bertz CT molecular complexity index is 558. The summed E-state index contributed by atoms with van der Waals surface area (Å²) in [4.78, 5) is 4.56. The van der Waals surface area contributed by atoms with Crippen molar-refractivity contribution >= 4 is 26.8 Å². The quantitative estimate of drug-likeness (QED) is 0.851. The number of para-hydroxylation sites is 1. The summed E-state index contributed by atoms with van der Waals surface area (Å²) in [6, 6.07) is 7.64. The lowest BCUT2D eigenvalue weighted by Gasteiger charge is -2.18. The Morgan fingerprint density at radius 2 is 2.00 bits per heavy atom. The first kappa shape index (κ1) is 12.4. The summed E-state index contributed by atoms with van der Waals surface area (Å²) >= 11 is 3.49. The van der Waals surface area contributed by atoms with E-state index in [0.717, 1.165) is 27.5 Å². The highest BCUT2D eigenvalue weighted by Crippen LogP contribution is 2.30. The van der Waals surface area contributed by atoms with Gasteiger partial charge in [-0.1, -0.05) is 32.9 Å². The topological polar surface area (TPSA) is 33.1 Å². The van der Waals surface area contributed by atoms with Gasteiger partial charge in [0.25, 0.3) is 0 Å². The van der Waals surface area contributed by atoms with Crippen LogP contribution in [0.15, 0.2) is 28.7 Å². The highest BCUT2D eigenvalue weighted by Gasteiger charge is 2.16. The number of nitrogens with zero attached hydrogens (tertiary/aromatic N) is 1. The predicted molar refractivity (Wildman–Crippen MR) is 74.3 cm³/mol. The summed E-state index contributed by atoms with van der Waals surface area (Å²) < 4.78 is 0.963. The minimum atomic E-state index is 0.111. The minimum Gasteiger partial charge on any atom is -0.506 e. The normalized spacial score (nSPS) is 12.0. The molecule has 0 bridgehead atoms. The molecule has 1 heterocycles. The highest BCUT2D eigenvalue weighted by molar-refractivity contribution is 9.10. The second-order valence-corrected chi connectivity index (χ2v) is 6.36. The standard InChI is InChI=1S/C14H16BrNO/c1-14(2,3)8-11-12(17)7-9-5-4-6-10(15)13(9)16-11/h4-7,17H,8H2,1-3H3. The van der Waals surface area contributed by atoms with Crippen molar-refractivity contribution < 1.29 is 5.11 Å². The van der Waals surface area contributed by atoms with Gasteiger partial charge < -0.3 is 5.11 Å². The van der Waals surface area contributed by atoms with Crippen molar-refractivity contribution in [1.29, 1.82) is 0 Å². The fraction of sp³-hybridized carbons (Fsp3) is 0.357. The number of pyridine rings is 1. The number of hydrogen-bond donors (Lipinski definition) is 1. The van der Waals surface area contributed by atoms with Gasteiger partial charge in [0.1, 0.15) is 5.75 Å². The average Bonchev–Trinajstić information content (AvgIpc) is 2.18. The first-order valence-corrected chi connectivity index (χ1v) is 6.43. The van der Waals surface area contributed by atoms with Crippen LogP contribution < -0.4 is 0 Å². The lowest BCUT2D eigenvalue weighted by Crippen LogP contribution is -2.10. The number of hydrogen-bond acceptors (Lipinski definition) is 2. The van der Waals surface area contributed by atoms with Crippen molar-refractivity contribution in [2.45, 2.75) is 27.2 Å². The third kappa shape index (κ3) is 2.78. The summed E-state index contributed by atoms with van der Waals surface area (Å²) in [5.74, 6) is 0.283. The molecule has 3 heteroatoms. The van der Waals surface area contributed by atoms with E-state index in [0.29, 0.717) is 0 Å². The third-order valence-electron chi connectivity index (χ3n) is 2.55. The molecule has 0 radical (unpaired) electrons. The van der Waals surface area contributed by atoms with E-state index in [9.17, 15) is 5.11 Å². The molecule has 1 aromatic carbocycles. The zero-order chi connectivity index (χ0) is 12.6. The molecule has 0 amide bonds. The van der Waals surface area contributed by atoms with Crippen molar-refractivity contribution in [2.24, 2.45) is 5.41 Å². The number of rotatable bonds is 1. The summed E-state index contributed by atoms with van der Waals surface area (Å²) in [7, 11) is 0. The molecule has 0 atom stereocenters. The molecule has 90 valence electrons. The fourth-order valence-corrected chi connectivity index (χ4v) is 2.29. The Morgan fingerprint density at radius 3 is 2.65 bits per heavy atom. The molecule has 1 aromatic heterocycles. The maximum atomic E-state index is 9.98. The number of benzene rings is 1. The van der Waals surface area contributed by atoms with Crippen LogP contribution in [0.1, 0.15) is 26.5 Å². The van der Waals surface area contributed by atoms with Gasteiger partial charge in [-0.25, -0.2) is 4.98 Å². The fourth-order valence-electron chi connectivity index (χ4n) is 1.82. The Balaban J connectivity index is 2.58. The van der Waals surface area contributed by atoms with Crippen molar-refractivity contribution in [3.63, 3.8) is 0 Å². The lowest BCUT2D eigenvalue weighted by atomic mass is 9.90. The van der Waals surface area contributed by atoms with Crippen molar-refractivity contribution in [1.82, 2.24) is 4.98 Å². The maximum absolute atomic E-state index is 9.98. The predicted octanol–water partition coefficient (Wildman–Crippen LogP) is 4.29. The minimum absolute atomic E-state index is 0.111. The van der Waals surface area contributed by atoms with E-state index in [1.54, 1.807) is 6.07 Å². The number of aromatic nitrogens is 1. The van der Waals surface area contributed by atoms with Gasteiger partial charge in [0, 0.05) is 9.86 Å². The first-order valence-electron chi connectivity index (χ1n) is 5.64. The van der Waals surface area contributed by atoms with E-state index in [2.05, 4.69) is 41.7 Å². The van der Waals surface area contributed by atoms with E-state index in [4.69, 9.17) is 0 Å². The molecule has 0 saturated heterocycles. The summed E-state index contributed by atoms with van der Waals surface area (Å²) in [6.07, 6.45) is 0.760. The zero-order valence-electron chi connectivity index (χ0n) is 10.3. The third-order valence-corrected chi connectivity index (χ3v) is 3.19. The number of aromatic hydroxyl groups is 1. The molecule has 1 N–H and O–H groups in total. The van der Waals surface area contributed by atoms with Crippen LogP contribution in [0.2, 0.25) is 0 Å². The second kappa shape index (κ2) is 4.30. The number of halogens is 1. The van der Waals surface area contributed by atoms with Gasteiger partial charge in [0.2, 0.25) is 0 Å². The molecular weight excluding hydrogens is 278 g/mol. The Morgan fingerprint density at radius 1 is 1.29 bits per heavy atom. The summed E-state index contributed by atoms with van der Waals surface area (Å²) in [5, 5.41) is 10.9. The molecule has 17 heavy (non-hydrogen) atoms. The molecule has 0 fully saturated rings. The van der Waals surface area contributed by atoms with E-state index >= 15 is 0 Å². The van der Waals surface area contributed by atoms with E-state index in [1.165, 1.54) is 0 Å². The first-order chi connectivity index (χ1) is 7.87. The van der Waals surface area contributed by atoms with Gasteiger partial charge in [0.05, 0.1) is 11.2 Å². The molecule has 2 aromatic rings. The highest BCUT2D eigenvalue weighted by atomic mass is 79.9. The monoisotopic (exact) mass is 293 g/mol. The van der Waals surface area contributed by atoms with Gasteiger partial charge in [-0.05, 0) is 39.9 Å². The molecule has 2 rings (SSSR count). The average molecular weight is 294 g/mol. The molecule has 0 unspecified atom stereocenters. The van der Waals surface area contributed by atoms with Crippen LogP contribution in [-0.4, -0.2) is 10.1 Å². The molecule has 0 aliphatic carbocycles. The second-order valence-electron chi connectivity index (χ2n) is 5.50. The summed E-state index contributed by atoms with van der Waals surface area (Å²) in [6.45, 7) is 6.41. The van der Waals surface area contributed by atoms with Gasteiger partial charge in [-0.3, -0.25) is 0 Å². The molecule has 0 saturated carbocycles. The van der Waals surface area contributed by atoms with Crippen LogP contribution >= 0.6 is 15.9 Å². The zero-order valence-corrected chi connectivity index (χ0v) is 11.9. The Kier molecular flexibility index (Phi) is 3.13.